The first kappa shape index (κ1) is 20.0. The van der Waals surface area contributed by atoms with Crippen LogP contribution in [0.4, 0.5) is 14.7 Å². The van der Waals surface area contributed by atoms with Crippen LogP contribution in [-0.4, -0.2) is 43.9 Å². The third-order valence-corrected chi connectivity index (χ3v) is 6.71. The fourth-order valence-electron chi connectivity index (χ4n) is 3.24. The third-order valence-electron chi connectivity index (χ3n) is 4.80. The Bertz CT molecular complexity index is 1210. The molecule has 0 saturated carbocycles. The molecule has 2 aromatic carbocycles. The zero-order valence-corrected chi connectivity index (χ0v) is 16.4. The number of oxazole rings is 1. The quantitative estimate of drug-likeness (QED) is 0.632. The van der Waals surface area contributed by atoms with E-state index in [0.29, 0.717) is 0 Å². The number of rotatable bonds is 4. The summed E-state index contributed by atoms with van der Waals surface area (Å²) in [5.74, 6) is -0.876. The van der Waals surface area contributed by atoms with E-state index in [0.717, 1.165) is 12.1 Å². The molecule has 0 unspecified atom stereocenters. The number of halogens is 2. The lowest BCUT2D eigenvalue weighted by Crippen LogP contribution is -2.48. The van der Waals surface area contributed by atoms with Crippen molar-refractivity contribution in [3.8, 4) is 17.5 Å². The predicted molar refractivity (Wildman–Crippen MR) is 104 cm³/mol. The van der Waals surface area contributed by atoms with Crippen molar-refractivity contribution in [2.24, 2.45) is 0 Å². The van der Waals surface area contributed by atoms with Gasteiger partial charge in [-0.15, -0.1) is 0 Å². The van der Waals surface area contributed by atoms with Gasteiger partial charge < -0.3 is 9.32 Å². The van der Waals surface area contributed by atoms with E-state index in [2.05, 4.69) is 4.98 Å². The highest BCUT2D eigenvalue weighted by Gasteiger charge is 2.31. The van der Waals surface area contributed by atoms with E-state index < -0.39 is 21.7 Å². The Kier molecular flexibility index (Phi) is 5.24. The highest BCUT2D eigenvalue weighted by molar-refractivity contribution is 7.89. The molecule has 0 amide bonds. The second-order valence-corrected chi connectivity index (χ2v) is 8.55. The molecule has 1 fully saturated rings. The van der Waals surface area contributed by atoms with Gasteiger partial charge in [0.2, 0.25) is 27.5 Å². The molecule has 1 aliphatic heterocycles. The lowest BCUT2D eigenvalue weighted by molar-refractivity contribution is 0.374. The van der Waals surface area contributed by atoms with Gasteiger partial charge in [-0.05, 0) is 36.4 Å². The molecular formula is C20H16F2N4O3S. The molecule has 0 N–H and O–H groups in total. The summed E-state index contributed by atoms with van der Waals surface area (Å²) in [6.07, 6.45) is 0. The van der Waals surface area contributed by atoms with E-state index in [9.17, 15) is 22.5 Å². The van der Waals surface area contributed by atoms with E-state index in [1.54, 1.807) is 11.0 Å². The maximum atomic E-state index is 14.0. The zero-order valence-electron chi connectivity index (χ0n) is 15.6. The maximum Gasteiger partial charge on any atom is 0.243 e. The largest absolute Gasteiger partial charge is 0.419 e. The number of hydrogen-bond donors (Lipinski definition) is 0. The summed E-state index contributed by atoms with van der Waals surface area (Å²) in [6.45, 7) is 0.780. The molecule has 1 saturated heterocycles. The van der Waals surface area contributed by atoms with Crippen LogP contribution in [0.1, 0.15) is 5.69 Å². The number of aromatic nitrogens is 1. The van der Waals surface area contributed by atoms with Crippen molar-refractivity contribution in [2.75, 3.05) is 31.1 Å². The highest BCUT2D eigenvalue weighted by atomic mass is 32.2. The SMILES string of the molecule is N#Cc1nc(-c2ccccc2F)oc1N1CCN(S(=O)(=O)c2ccc(F)cc2)CC1. The molecule has 4 rings (SSSR count). The van der Waals surface area contributed by atoms with Gasteiger partial charge in [-0.2, -0.15) is 14.6 Å². The van der Waals surface area contributed by atoms with Gasteiger partial charge in [0, 0.05) is 26.2 Å². The molecule has 10 heteroatoms. The predicted octanol–water partition coefficient (Wildman–Crippen LogP) is 3.00. The molecule has 2 heterocycles. The molecule has 3 aromatic rings. The van der Waals surface area contributed by atoms with Crippen molar-refractivity contribution in [3.05, 3.63) is 65.9 Å². The third kappa shape index (κ3) is 3.65. The molecule has 7 nitrogen and oxygen atoms in total. The first-order chi connectivity index (χ1) is 14.4. The Morgan fingerprint density at radius 1 is 1.00 bits per heavy atom. The van der Waals surface area contributed by atoms with Crippen molar-refractivity contribution in [3.63, 3.8) is 0 Å². The van der Waals surface area contributed by atoms with Crippen molar-refractivity contribution in [1.29, 1.82) is 5.26 Å². The average Bonchev–Trinajstić information content (AvgIpc) is 3.19. The number of benzene rings is 2. The van der Waals surface area contributed by atoms with Crippen LogP contribution < -0.4 is 4.90 Å². The molecule has 0 radical (unpaired) electrons. The summed E-state index contributed by atoms with van der Waals surface area (Å²) in [7, 11) is -3.76. The minimum atomic E-state index is -3.76. The van der Waals surface area contributed by atoms with Crippen LogP contribution in [0.3, 0.4) is 0 Å². The Morgan fingerprint density at radius 2 is 1.67 bits per heavy atom. The fraction of sp³-hybridized carbons (Fsp3) is 0.200. The molecule has 0 atom stereocenters. The van der Waals surface area contributed by atoms with Gasteiger partial charge in [-0.3, -0.25) is 0 Å². The summed E-state index contributed by atoms with van der Waals surface area (Å²) >= 11 is 0. The topological polar surface area (TPSA) is 90.4 Å². The van der Waals surface area contributed by atoms with Crippen LogP contribution in [0.25, 0.3) is 11.5 Å². The van der Waals surface area contributed by atoms with Crippen LogP contribution in [-0.2, 0) is 10.0 Å². The van der Waals surface area contributed by atoms with Crippen LogP contribution in [0.15, 0.2) is 57.8 Å². The molecule has 30 heavy (non-hydrogen) atoms. The number of nitriles is 1. The monoisotopic (exact) mass is 430 g/mol. The van der Waals surface area contributed by atoms with Crippen molar-refractivity contribution in [1.82, 2.24) is 9.29 Å². The second-order valence-electron chi connectivity index (χ2n) is 6.61. The number of hydrogen-bond acceptors (Lipinski definition) is 6. The smallest absolute Gasteiger partial charge is 0.243 e. The van der Waals surface area contributed by atoms with Gasteiger partial charge in [0.25, 0.3) is 0 Å². The van der Waals surface area contributed by atoms with Crippen molar-refractivity contribution >= 4 is 15.9 Å². The second kappa shape index (κ2) is 7.85. The molecule has 1 aliphatic rings. The number of piperazine rings is 1. The van der Waals surface area contributed by atoms with Gasteiger partial charge in [0.15, 0.2) is 0 Å². The Hall–Kier alpha value is -3.29. The van der Waals surface area contributed by atoms with Gasteiger partial charge in [-0.25, -0.2) is 17.2 Å². The van der Waals surface area contributed by atoms with E-state index in [1.165, 1.54) is 34.6 Å². The first-order valence-corrected chi connectivity index (χ1v) is 10.5. The van der Waals surface area contributed by atoms with E-state index in [4.69, 9.17) is 4.42 Å². The van der Waals surface area contributed by atoms with Gasteiger partial charge in [0.1, 0.15) is 17.7 Å². The van der Waals surface area contributed by atoms with E-state index >= 15 is 0 Å². The molecule has 1 aromatic heterocycles. The molecule has 0 spiro atoms. The van der Waals surface area contributed by atoms with Crippen molar-refractivity contribution in [2.45, 2.75) is 4.90 Å². The van der Waals surface area contributed by atoms with E-state index in [1.807, 2.05) is 6.07 Å². The first-order valence-electron chi connectivity index (χ1n) is 9.06. The molecule has 0 aliphatic carbocycles. The summed E-state index contributed by atoms with van der Waals surface area (Å²) in [6, 6.07) is 12.5. The van der Waals surface area contributed by atoms with Crippen LogP contribution in [0, 0.1) is 23.0 Å². The summed E-state index contributed by atoms with van der Waals surface area (Å²) in [4.78, 5) is 5.79. The maximum absolute atomic E-state index is 14.0. The van der Waals surface area contributed by atoms with Crippen molar-refractivity contribution < 1.29 is 21.6 Å². The number of anilines is 1. The summed E-state index contributed by atoms with van der Waals surface area (Å²) in [5.41, 5.74) is 0.140. The van der Waals surface area contributed by atoms with Gasteiger partial charge in [0.05, 0.1) is 10.5 Å². The zero-order chi connectivity index (χ0) is 21.3. The molecule has 154 valence electrons. The van der Waals surface area contributed by atoms with Crippen LogP contribution >= 0.6 is 0 Å². The Balaban J connectivity index is 1.54. The van der Waals surface area contributed by atoms with E-state index in [-0.39, 0.29) is 54.1 Å². The minimum absolute atomic E-state index is 0.00287. The Labute approximate surface area is 171 Å². The lowest BCUT2D eigenvalue weighted by Gasteiger charge is -2.33. The highest BCUT2D eigenvalue weighted by Crippen LogP contribution is 2.30. The standard InChI is InChI=1S/C20H16F2N4O3S/c21-14-5-7-15(8-6-14)30(27,28)26-11-9-25(10-12-26)20-18(13-23)24-19(29-20)16-3-1-2-4-17(16)22/h1-8H,9-12H2. The van der Waals surface area contributed by atoms with Gasteiger partial charge in [-0.1, -0.05) is 12.1 Å². The minimum Gasteiger partial charge on any atom is -0.419 e. The number of nitrogens with zero attached hydrogens (tertiary/aromatic N) is 4. The summed E-state index contributed by atoms with van der Waals surface area (Å²) < 4.78 is 59.6. The summed E-state index contributed by atoms with van der Waals surface area (Å²) in [5, 5.41) is 9.40. The van der Waals surface area contributed by atoms with Crippen LogP contribution in [0.2, 0.25) is 0 Å². The molecule has 0 bridgehead atoms. The Morgan fingerprint density at radius 3 is 2.30 bits per heavy atom. The number of sulfonamides is 1. The average molecular weight is 430 g/mol. The van der Waals surface area contributed by atoms with Crippen LogP contribution in [0.5, 0.6) is 0 Å². The normalized spacial score (nSPS) is 15.2. The van der Waals surface area contributed by atoms with Gasteiger partial charge >= 0.3 is 0 Å². The lowest BCUT2D eigenvalue weighted by atomic mass is 10.2. The fourth-order valence-corrected chi connectivity index (χ4v) is 4.66. The molecular weight excluding hydrogens is 414 g/mol.